The number of terminal acetylenes is 1. The minimum Gasteiger partial charge on any atom is -0.294 e. The molecule has 0 bridgehead atoms. The Morgan fingerprint density at radius 1 is 1.53 bits per heavy atom. The van der Waals surface area contributed by atoms with E-state index >= 15 is 0 Å². The van der Waals surface area contributed by atoms with Crippen molar-refractivity contribution in [2.75, 3.05) is 0 Å². The van der Waals surface area contributed by atoms with Gasteiger partial charge in [0.25, 0.3) is 0 Å². The van der Waals surface area contributed by atoms with E-state index in [-0.39, 0.29) is 11.6 Å². The van der Waals surface area contributed by atoms with Crippen LogP contribution in [0, 0.1) is 18.2 Å². The molecule has 0 fully saturated rings. The summed E-state index contributed by atoms with van der Waals surface area (Å²) >= 11 is 3.04. The van der Waals surface area contributed by atoms with E-state index in [1.54, 1.807) is 0 Å². The van der Waals surface area contributed by atoms with Crippen LogP contribution in [-0.4, -0.2) is 5.78 Å². The van der Waals surface area contributed by atoms with Crippen molar-refractivity contribution in [1.82, 2.24) is 0 Å². The lowest BCUT2D eigenvalue weighted by Gasteiger charge is -2.01. The van der Waals surface area contributed by atoms with Gasteiger partial charge in [-0.15, -0.1) is 12.3 Å². The predicted molar refractivity (Wildman–Crippen MR) is 61.1 cm³/mol. The van der Waals surface area contributed by atoms with Gasteiger partial charge in [0.15, 0.2) is 5.78 Å². The van der Waals surface area contributed by atoms with E-state index in [1.807, 2.05) is 0 Å². The molecule has 0 unspecified atom stereocenters. The SMILES string of the molecule is C#CCCCC(=O)c1ccc(F)c(Br)c1. The summed E-state index contributed by atoms with van der Waals surface area (Å²) in [7, 11) is 0. The average Bonchev–Trinajstić information content (AvgIpc) is 2.22. The van der Waals surface area contributed by atoms with Crippen molar-refractivity contribution in [1.29, 1.82) is 0 Å². The molecule has 15 heavy (non-hydrogen) atoms. The Morgan fingerprint density at radius 2 is 2.27 bits per heavy atom. The van der Waals surface area contributed by atoms with Crippen molar-refractivity contribution in [3.8, 4) is 12.3 Å². The van der Waals surface area contributed by atoms with Crippen LogP contribution in [0.1, 0.15) is 29.6 Å². The van der Waals surface area contributed by atoms with Crippen LogP contribution in [0.4, 0.5) is 4.39 Å². The van der Waals surface area contributed by atoms with Gasteiger partial charge in [0.05, 0.1) is 4.47 Å². The molecule has 1 nitrogen and oxygen atoms in total. The number of ketones is 1. The average molecular weight is 269 g/mol. The Kier molecular flexibility index (Phi) is 4.51. The van der Waals surface area contributed by atoms with E-state index in [0.717, 1.165) is 0 Å². The minimum atomic E-state index is -0.366. The van der Waals surface area contributed by atoms with Crippen molar-refractivity contribution in [2.24, 2.45) is 0 Å². The smallest absolute Gasteiger partial charge is 0.162 e. The Morgan fingerprint density at radius 3 is 2.87 bits per heavy atom. The second-order valence-corrected chi connectivity index (χ2v) is 3.96. The number of halogens is 2. The van der Waals surface area contributed by atoms with Crippen LogP contribution in [-0.2, 0) is 0 Å². The number of hydrogen-bond donors (Lipinski definition) is 0. The lowest BCUT2D eigenvalue weighted by Crippen LogP contribution is -1.99. The molecule has 0 amide bonds. The van der Waals surface area contributed by atoms with Crippen LogP contribution < -0.4 is 0 Å². The Bertz CT molecular complexity index is 407. The van der Waals surface area contributed by atoms with Gasteiger partial charge in [-0.1, -0.05) is 0 Å². The van der Waals surface area contributed by atoms with E-state index in [0.29, 0.717) is 29.3 Å². The monoisotopic (exact) mass is 268 g/mol. The zero-order chi connectivity index (χ0) is 11.3. The molecule has 78 valence electrons. The molecule has 3 heteroatoms. The van der Waals surface area contributed by atoms with Gasteiger partial charge in [0.1, 0.15) is 5.82 Å². The molecule has 0 spiro atoms. The van der Waals surface area contributed by atoms with Crippen molar-refractivity contribution >= 4 is 21.7 Å². The first kappa shape index (κ1) is 11.9. The van der Waals surface area contributed by atoms with Crippen molar-refractivity contribution < 1.29 is 9.18 Å². The molecular weight excluding hydrogens is 259 g/mol. The van der Waals surface area contributed by atoms with Crippen molar-refractivity contribution in [2.45, 2.75) is 19.3 Å². The van der Waals surface area contributed by atoms with Gasteiger partial charge in [-0.05, 0) is 40.5 Å². The van der Waals surface area contributed by atoms with Crippen LogP contribution >= 0.6 is 15.9 Å². The first-order valence-corrected chi connectivity index (χ1v) is 5.36. The molecular formula is C12H10BrFO. The molecule has 0 saturated carbocycles. The van der Waals surface area contributed by atoms with E-state index in [1.165, 1.54) is 18.2 Å². The second-order valence-electron chi connectivity index (χ2n) is 3.11. The molecule has 0 atom stereocenters. The van der Waals surface area contributed by atoms with Crippen LogP contribution in [0.3, 0.4) is 0 Å². The fourth-order valence-electron chi connectivity index (χ4n) is 1.16. The zero-order valence-electron chi connectivity index (χ0n) is 8.09. The number of rotatable bonds is 4. The highest BCUT2D eigenvalue weighted by molar-refractivity contribution is 9.10. The summed E-state index contributed by atoms with van der Waals surface area (Å²) < 4.78 is 13.2. The molecule has 0 saturated heterocycles. The first-order valence-electron chi connectivity index (χ1n) is 4.57. The fourth-order valence-corrected chi connectivity index (χ4v) is 1.54. The predicted octanol–water partition coefficient (Wildman–Crippen LogP) is 3.57. The Labute approximate surface area is 96.8 Å². The molecule has 0 aromatic heterocycles. The number of carbonyl (C=O) groups excluding carboxylic acids is 1. The lowest BCUT2D eigenvalue weighted by molar-refractivity contribution is 0.0980. The Balaban J connectivity index is 2.67. The van der Waals surface area contributed by atoms with Gasteiger partial charge >= 0.3 is 0 Å². The minimum absolute atomic E-state index is 0.00838. The molecule has 0 heterocycles. The van der Waals surface area contributed by atoms with E-state index in [9.17, 15) is 9.18 Å². The number of hydrogen-bond acceptors (Lipinski definition) is 1. The standard InChI is InChI=1S/C12H10BrFO/c1-2-3-4-5-12(15)9-6-7-11(14)10(13)8-9/h1,6-8H,3-5H2. The third kappa shape index (κ3) is 3.49. The zero-order valence-corrected chi connectivity index (χ0v) is 9.68. The van der Waals surface area contributed by atoms with Gasteiger partial charge < -0.3 is 0 Å². The fraction of sp³-hybridized carbons (Fsp3) is 0.250. The normalized spacial score (nSPS) is 9.67. The molecule has 0 aliphatic heterocycles. The van der Waals surface area contributed by atoms with Gasteiger partial charge in [-0.25, -0.2) is 4.39 Å². The number of unbranched alkanes of at least 4 members (excludes halogenated alkanes) is 1. The topological polar surface area (TPSA) is 17.1 Å². The van der Waals surface area contributed by atoms with Crippen LogP contribution in [0.15, 0.2) is 22.7 Å². The Hall–Kier alpha value is -1.14. The lowest BCUT2D eigenvalue weighted by atomic mass is 10.1. The highest BCUT2D eigenvalue weighted by Crippen LogP contribution is 2.18. The van der Waals surface area contributed by atoms with Gasteiger partial charge in [0, 0.05) is 18.4 Å². The maximum Gasteiger partial charge on any atom is 0.162 e. The van der Waals surface area contributed by atoms with E-state index < -0.39 is 0 Å². The number of Topliss-reactive ketones (excluding diaryl/α,β-unsaturated/α-hetero) is 1. The third-order valence-electron chi connectivity index (χ3n) is 1.97. The molecule has 0 aliphatic carbocycles. The van der Waals surface area contributed by atoms with E-state index in [4.69, 9.17) is 6.42 Å². The summed E-state index contributed by atoms with van der Waals surface area (Å²) in [6, 6.07) is 4.25. The molecule has 0 N–H and O–H groups in total. The maximum atomic E-state index is 12.9. The summed E-state index contributed by atoms with van der Waals surface area (Å²) in [6.45, 7) is 0. The van der Waals surface area contributed by atoms with Crippen molar-refractivity contribution in [3.05, 3.63) is 34.1 Å². The molecule has 0 radical (unpaired) electrons. The molecule has 1 aromatic carbocycles. The quantitative estimate of drug-likeness (QED) is 0.464. The van der Waals surface area contributed by atoms with E-state index in [2.05, 4.69) is 21.9 Å². The summed E-state index contributed by atoms with van der Waals surface area (Å²) in [5.74, 6) is 2.10. The molecule has 1 rings (SSSR count). The van der Waals surface area contributed by atoms with Crippen molar-refractivity contribution in [3.63, 3.8) is 0 Å². The summed E-state index contributed by atoms with van der Waals surface area (Å²) in [5, 5.41) is 0. The van der Waals surface area contributed by atoms with Gasteiger partial charge in [-0.2, -0.15) is 0 Å². The number of carbonyl (C=O) groups is 1. The molecule has 0 aliphatic rings. The third-order valence-corrected chi connectivity index (χ3v) is 2.57. The summed E-state index contributed by atoms with van der Waals surface area (Å²) in [6.07, 6.45) is 6.75. The summed E-state index contributed by atoms with van der Waals surface area (Å²) in [5.41, 5.74) is 0.514. The van der Waals surface area contributed by atoms with Crippen LogP contribution in [0.25, 0.3) is 0 Å². The van der Waals surface area contributed by atoms with Gasteiger partial charge in [0.2, 0.25) is 0 Å². The highest BCUT2D eigenvalue weighted by atomic mass is 79.9. The summed E-state index contributed by atoms with van der Waals surface area (Å²) in [4.78, 5) is 11.6. The highest BCUT2D eigenvalue weighted by Gasteiger charge is 2.07. The van der Waals surface area contributed by atoms with Crippen LogP contribution in [0.5, 0.6) is 0 Å². The number of benzene rings is 1. The largest absolute Gasteiger partial charge is 0.294 e. The van der Waals surface area contributed by atoms with Crippen LogP contribution in [0.2, 0.25) is 0 Å². The maximum absolute atomic E-state index is 12.9. The second kappa shape index (κ2) is 5.67. The van der Waals surface area contributed by atoms with Gasteiger partial charge in [-0.3, -0.25) is 4.79 Å². The first-order chi connectivity index (χ1) is 7.15. The molecule has 1 aromatic rings.